The summed E-state index contributed by atoms with van der Waals surface area (Å²) in [6.07, 6.45) is 11.9. The Hall–Kier alpha value is -3.73. The third-order valence-electron chi connectivity index (χ3n) is 10.1. The molecule has 0 atom stereocenters. The van der Waals surface area contributed by atoms with Crippen LogP contribution in [0.15, 0.2) is 116 Å². The number of pyridine rings is 2. The van der Waals surface area contributed by atoms with Crippen LogP contribution in [0.1, 0.15) is 57.6 Å². The molecule has 3 aromatic heterocycles. The van der Waals surface area contributed by atoms with Crippen molar-refractivity contribution in [3.63, 3.8) is 0 Å². The second kappa shape index (κ2) is 16.7. The zero-order valence-electron chi connectivity index (χ0n) is 31.9. The number of nitrogens with zero attached hydrogens (tertiary/aromatic N) is 2. The molecule has 0 bridgehead atoms. The predicted octanol–water partition coefficient (Wildman–Crippen LogP) is 13.0. The molecule has 1 saturated carbocycles. The van der Waals surface area contributed by atoms with E-state index in [1.54, 1.807) is 0 Å². The molecule has 53 heavy (non-hydrogen) atoms. The van der Waals surface area contributed by atoms with E-state index >= 15 is 0 Å². The average molecular weight is 907 g/mol. The van der Waals surface area contributed by atoms with Gasteiger partial charge < -0.3 is 9.97 Å². The third-order valence-corrected chi connectivity index (χ3v) is 13.3. The predicted molar refractivity (Wildman–Crippen MR) is 227 cm³/mol. The molecule has 0 unspecified atom stereocenters. The molecule has 1 fully saturated rings. The Kier molecular flexibility index (Phi) is 12.3. The van der Waals surface area contributed by atoms with Gasteiger partial charge in [0, 0.05) is 37.2 Å². The number of hydrogen-bond donors (Lipinski definition) is 0. The molecule has 4 aromatic carbocycles. The van der Waals surface area contributed by atoms with Crippen molar-refractivity contribution in [2.75, 3.05) is 0 Å². The topological polar surface area (TPSA) is 25.8 Å². The van der Waals surface area contributed by atoms with E-state index in [0.29, 0.717) is 0 Å². The Balaban J connectivity index is 0.000000193. The molecule has 3 heterocycles. The monoisotopic (exact) mass is 907 g/mol. The molecular weight excluding hydrogens is 857 g/mol. The van der Waals surface area contributed by atoms with E-state index < -0.39 is 8.07 Å². The van der Waals surface area contributed by atoms with Gasteiger partial charge >= 0.3 is 0 Å². The molecule has 1 aliphatic carbocycles. The Morgan fingerprint density at radius 3 is 2.19 bits per heavy atom. The first-order valence-electron chi connectivity index (χ1n) is 18.9. The van der Waals surface area contributed by atoms with E-state index in [9.17, 15) is 0 Å². The molecule has 5 heteroatoms. The molecule has 1 aliphatic rings. The van der Waals surface area contributed by atoms with Crippen LogP contribution in [0.5, 0.6) is 0 Å². The first-order valence-corrected chi connectivity index (χ1v) is 23.2. The van der Waals surface area contributed by atoms with Crippen LogP contribution in [-0.4, -0.2) is 18.0 Å². The molecule has 8 rings (SSSR count). The van der Waals surface area contributed by atoms with Crippen molar-refractivity contribution in [3.8, 4) is 33.6 Å². The summed E-state index contributed by atoms with van der Waals surface area (Å²) in [5, 5.41) is 4.10. The van der Waals surface area contributed by atoms with Crippen LogP contribution < -0.4 is 5.19 Å². The van der Waals surface area contributed by atoms with Crippen molar-refractivity contribution >= 4 is 44.8 Å². The molecule has 0 N–H and O–H groups in total. The summed E-state index contributed by atoms with van der Waals surface area (Å²) in [4.78, 5) is 9.40. The van der Waals surface area contributed by atoms with Crippen molar-refractivity contribution < 1.29 is 20.1 Å². The second-order valence-corrected chi connectivity index (χ2v) is 22.8. The number of benzene rings is 4. The Labute approximate surface area is 335 Å². The van der Waals surface area contributed by atoms with Crippen molar-refractivity contribution in [1.29, 1.82) is 0 Å². The van der Waals surface area contributed by atoms with Crippen LogP contribution in [0.4, 0.5) is 0 Å². The zero-order valence-corrected chi connectivity index (χ0v) is 36.1. The van der Waals surface area contributed by atoms with Gasteiger partial charge in [0.25, 0.3) is 0 Å². The second-order valence-electron chi connectivity index (χ2n) is 16.7. The van der Waals surface area contributed by atoms with Gasteiger partial charge in [0.15, 0.2) is 0 Å². The number of fused-ring (bicyclic) bond motifs is 3. The van der Waals surface area contributed by atoms with Crippen LogP contribution >= 0.6 is 11.3 Å². The van der Waals surface area contributed by atoms with Gasteiger partial charge in [-0.05, 0) is 80.2 Å². The van der Waals surface area contributed by atoms with E-state index in [1.165, 1.54) is 79.7 Å². The summed E-state index contributed by atoms with van der Waals surface area (Å²) in [6, 6.07) is 43.5. The molecule has 0 amide bonds. The van der Waals surface area contributed by atoms with E-state index in [4.69, 9.17) is 9.97 Å². The third kappa shape index (κ3) is 9.69. The molecule has 0 aliphatic heterocycles. The first-order chi connectivity index (χ1) is 25.0. The van der Waals surface area contributed by atoms with Crippen molar-refractivity contribution in [2.24, 2.45) is 11.3 Å². The summed E-state index contributed by atoms with van der Waals surface area (Å²) in [7, 11) is -1.37. The number of thiophene rings is 1. The van der Waals surface area contributed by atoms with Gasteiger partial charge in [-0.15, -0.1) is 59.7 Å². The SMILES string of the molecule is CC(C)(C)Cc1cc(-c2[c-]cccc2)ncc1[Si](C)(C)C.[Ir].[c-]1cc2sc3ccc(-c4ccccc4)cc3c2cc1-c1cc(CC2CCCC2)ccn1. The van der Waals surface area contributed by atoms with E-state index in [-0.39, 0.29) is 25.5 Å². The van der Waals surface area contributed by atoms with Crippen molar-refractivity contribution in [3.05, 3.63) is 139 Å². The molecule has 273 valence electrons. The summed E-state index contributed by atoms with van der Waals surface area (Å²) in [5.41, 5.74) is 9.92. The van der Waals surface area contributed by atoms with Gasteiger partial charge in [-0.1, -0.05) is 131 Å². The fraction of sp³-hybridized carbons (Fsp3) is 0.292. The molecular formula is C48H50IrN2SSi-2. The standard InChI is InChI=1S/C29H24NS.C19H26NSi.Ir/c1-2-8-22(9-3-1)23-10-12-28-25(18-23)26-19-24(11-13-29(26)31-28)27-17-21(14-15-30-27)16-20-6-4-5-7-20;1-19(2,3)13-16-12-17(15-10-8-7-9-11-15)20-14-18(16)21(4,5)6;/h1-3,8-10,12-15,17-20H,4-7,16H2;7-10,12,14H,13H2,1-6H3;/q2*-1;. The van der Waals surface area contributed by atoms with Crippen molar-refractivity contribution in [1.82, 2.24) is 9.97 Å². The van der Waals surface area contributed by atoms with Crippen LogP contribution in [0.3, 0.4) is 0 Å². The van der Waals surface area contributed by atoms with E-state index in [2.05, 4.69) is 144 Å². The molecule has 0 saturated heterocycles. The normalized spacial score (nSPS) is 13.5. The number of rotatable bonds is 7. The number of hydrogen-bond acceptors (Lipinski definition) is 3. The molecule has 0 spiro atoms. The minimum absolute atomic E-state index is 0. The minimum atomic E-state index is -1.37. The first kappa shape index (κ1) is 39.0. The van der Waals surface area contributed by atoms with Gasteiger partial charge in [-0.25, -0.2) is 0 Å². The quantitative estimate of drug-likeness (QED) is 0.118. The molecule has 1 radical (unpaired) electrons. The molecule has 2 nitrogen and oxygen atoms in total. The smallest absolute Gasteiger partial charge is 0.0798 e. The van der Waals surface area contributed by atoms with Crippen LogP contribution in [0.2, 0.25) is 19.6 Å². The van der Waals surface area contributed by atoms with E-state index in [0.717, 1.165) is 34.9 Å². The van der Waals surface area contributed by atoms with Crippen molar-refractivity contribution in [2.45, 2.75) is 78.9 Å². The average Bonchev–Trinajstić information content (AvgIpc) is 3.79. The van der Waals surface area contributed by atoms with Crippen LogP contribution in [0.25, 0.3) is 53.8 Å². The van der Waals surface area contributed by atoms with Gasteiger partial charge in [0.2, 0.25) is 0 Å². The minimum Gasteiger partial charge on any atom is -0.305 e. The maximum Gasteiger partial charge on any atom is 0.0798 e. The summed E-state index contributed by atoms with van der Waals surface area (Å²) < 4.78 is 2.61. The largest absolute Gasteiger partial charge is 0.305 e. The van der Waals surface area contributed by atoms with Gasteiger partial charge in [-0.3, -0.25) is 0 Å². The maximum absolute atomic E-state index is 4.71. The number of aromatic nitrogens is 2. The Morgan fingerprint density at radius 1 is 0.736 bits per heavy atom. The zero-order chi connectivity index (χ0) is 36.3. The van der Waals surface area contributed by atoms with Gasteiger partial charge in [0.1, 0.15) is 0 Å². The Bertz CT molecular complexity index is 2280. The fourth-order valence-corrected chi connectivity index (χ4v) is 10.2. The van der Waals surface area contributed by atoms with Crippen LogP contribution in [-0.2, 0) is 32.9 Å². The summed E-state index contributed by atoms with van der Waals surface area (Å²) in [6.45, 7) is 14.1. The van der Waals surface area contributed by atoms with Crippen LogP contribution in [0, 0.1) is 23.5 Å². The summed E-state index contributed by atoms with van der Waals surface area (Å²) >= 11 is 1.84. The van der Waals surface area contributed by atoms with Gasteiger partial charge in [0.05, 0.1) is 8.07 Å². The molecule has 7 aromatic rings. The summed E-state index contributed by atoms with van der Waals surface area (Å²) in [5.74, 6) is 0.846. The Morgan fingerprint density at radius 2 is 1.47 bits per heavy atom. The van der Waals surface area contributed by atoms with E-state index in [1.807, 2.05) is 35.7 Å². The van der Waals surface area contributed by atoms with Gasteiger partial charge in [-0.2, -0.15) is 11.3 Å². The fourth-order valence-electron chi connectivity index (χ4n) is 7.57. The maximum atomic E-state index is 4.71.